The molecule has 0 N–H and O–H groups in total. The Bertz CT molecular complexity index is 1090. The van der Waals surface area contributed by atoms with Gasteiger partial charge in [0.15, 0.2) is 0 Å². The van der Waals surface area contributed by atoms with Crippen molar-refractivity contribution in [2.75, 3.05) is 7.11 Å². The van der Waals surface area contributed by atoms with E-state index >= 15 is 0 Å². The van der Waals surface area contributed by atoms with Gasteiger partial charge in [-0.05, 0) is 56.2 Å². The lowest BCUT2D eigenvalue weighted by molar-refractivity contribution is -0.134. The lowest BCUT2D eigenvalue weighted by atomic mass is 9.89. The Kier molecular flexibility index (Phi) is 6.46. The van der Waals surface area contributed by atoms with E-state index in [1.54, 1.807) is 6.20 Å². The molecule has 0 aliphatic rings. The highest BCUT2D eigenvalue weighted by Gasteiger charge is 2.21. The molecule has 30 heavy (non-hydrogen) atoms. The van der Waals surface area contributed by atoms with Crippen LogP contribution >= 0.6 is 15.9 Å². The summed E-state index contributed by atoms with van der Waals surface area (Å²) in [6, 6.07) is 15.6. The topological polar surface area (TPSA) is 57.5 Å². The highest BCUT2D eigenvalue weighted by Crippen LogP contribution is 2.33. The summed E-state index contributed by atoms with van der Waals surface area (Å²) in [5, 5.41) is 0.908. The SMILES string of the molecule is COC(=O)C=C[C@@H](c1ccc(Br)cc1)c1cccc2c1ccn2C(=O)OC(C)(C)C. The van der Waals surface area contributed by atoms with E-state index in [1.165, 1.54) is 17.8 Å². The standard InChI is InChI=1S/C24H24BrNO4/c1-24(2,3)30-23(28)26-15-14-20-19(6-5-7-21(20)26)18(12-13-22(27)29-4)16-8-10-17(25)11-9-16/h5-15,18H,1-4H3/t18-/m0/s1. The van der Waals surface area contributed by atoms with E-state index in [9.17, 15) is 9.59 Å². The molecule has 0 bridgehead atoms. The quantitative estimate of drug-likeness (QED) is 0.344. The molecule has 0 aliphatic heterocycles. The number of nitrogens with zero attached hydrogens (tertiary/aromatic N) is 1. The second-order valence-corrected chi connectivity index (χ2v) is 8.77. The van der Waals surface area contributed by atoms with Crippen molar-refractivity contribution in [3.05, 3.63) is 82.5 Å². The Morgan fingerprint density at radius 2 is 1.77 bits per heavy atom. The van der Waals surface area contributed by atoms with Gasteiger partial charge >= 0.3 is 12.1 Å². The van der Waals surface area contributed by atoms with Gasteiger partial charge in [-0.2, -0.15) is 0 Å². The number of allylic oxidation sites excluding steroid dienone is 1. The maximum absolute atomic E-state index is 12.6. The molecule has 5 nitrogen and oxygen atoms in total. The second kappa shape index (κ2) is 8.88. The lowest BCUT2D eigenvalue weighted by Gasteiger charge is -2.20. The zero-order valence-electron chi connectivity index (χ0n) is 17.4. The van der Waals surface area contributed by atoms with Gasteiger partial charge in [-0.3, -0.25) is 4.57 Å². The lowest BCUT2D eigenvalue weighted by Crippen LogP contribution is -2.26. The fraction of sp³-hybridized carbons (Fsp3) is 0.250. The third-order valence-corrected chi connectivity index (χ3v) is 5.08. The van der Waals surface area contributed by atoms with E-state index < -0.39 is 17.7 Å². The number of esters is 1. The van der Waals surface area contributed by atoms with Gasteiger partial charge in [0.25, 0.3) is 0 Å². The number of hydrogen-bond donors (Lipinski definition) is 0. The second-order valence-electron chi connectivity index (χ2n) is 7.86. The van der Waals surface area contributed by atoms with Crippen molar-refractivity contribution in [2.45, 2.75) is 32.3 Å². The highest BCUT2D eigenvalue weighted by atomic mass is 79.9. The molecule has 6 heteroatoms. The molecule has 156 valence electrons. The summed E-state index contributed by atoms with van der Waals surface area (Å²) < 4.78 is 12.8. The molecule has 0 saturated heterocycles. The predicted molar refractivity (Wildman–Crippen MR) is 121 cm³/mol. The third-order valence-electron chi connectivity index (χ3n) is 4.55. The first kappa shape index (κ1) is 21.8. The first-order valence-electron chi connectivity index (χ1n) is 9.54. The van der Waals surface area contributed by atoms with E-state index in [-0.39, 0.29) is 5.92 Å². The van der Waals surface area contributed by atoms with Crippen LogP contribution in [0.5, 0.6) is 0 Å². The fourth-order valence-corrected chi connectivity index (χ4v) is 3.50. The van der Waals surface area contributed by atoms with Gasteiger partial charge in [-0.25, -0.2) is 9.59 Å². The number of halogens is 1. The van der Waals surface area contributed by atoms with Crippen LogP contribution < -0.4 is 0 Å². The molecule has 1 aromatic heterocycles. The minimum absolute atomic E-state index is 0.199. The van der Waals surface area contributed by atoms with Crippen LogP contribution in [0.4, 0.5) is 4.79 Å². The molecule has 0 spiro atoms. The number of hydrogen-bond acceptors (Lipinski definition) is 4. The Morgan fingerprint density at radius 3 is 2.40 bits per heavy atom. The van der Waals surface area contributed by atoms with Crippen LogP contribution in [0.3, 0.4) is 0 Å². The van der Waals surface area contributed by atoms with E-state index in [2.05, 4.69) is 15.9 Å². The molecule has 0 amide bonds. The average molecular weight is 470 g/mol. The van der Waals surface area contributed by atoms with Crippen molar-refractivity contribution < 1.29 is 19.1 Å². The number of rotatable bonds is 4. The van der Waals surface area contributed by atoms with Gasteiger partial charge in [0.2, 0.25) is 0 Å². The van der Waals surface area contributed by atoms with Crippen LogP contribution in [0.15, 0.2) is 71.4 Å². The van der Waals surface area contributed by atoms with Crippen molar-refractivity contribution in [3.8, 4) is 0 Å². The van der Waals surface area contributed by atoms with Crippen LogP contribution in [-0.2, 0) is 14.3 Å². The van der Waals surface area contributed by atoms with Gasteiger partial charge in [0, 0.05) is 28.0 Å². The summed E-state index contributed by atoms with van der Waals surface area (Å²) in [6.45, 7) is 5.51. The zero-order valence-corrected chi connectivity index (χ0v) is 19.0. The highest BCUT2D eigenvalue weighted by molar-refractivity contribution is 9.10. The molecular weight excluding hydrogens is 446 g/mol. The largest absolute Gasteiger partial charge is 0.466 e. The summed E-state index contributed by atoms with van der Waals surface area (Å²) in [5.41, 5.74) is 2.14. The zero-order chi connectivity index (χ0) is 21.9. The summed E-state index contributed by atoms with van der Waals surface area (Å²) in [4.78, 5) is 24.4. The Labute approximate surface area is 184 Å². The van der Waals surface area contributed by atoms with Crippen LogP contribution in [-0.4, -0.2) is 29.3 Å². The maximum atomic E-state index is 12.6. The van der Waals surface area contributed by atoms with Crippen LogP contribution in [0.25, 0.3) is 10.9 Å². The molecule has 0 unspecified atom stereocenters. The predicted octanol–water partition coefficient (Wildman–Crippen LogP) is 6.05. The smallest absolute Gasteiger partial charge is 0.418 e. The number of benzene rings is 2. The van der Waals surface area contributed by atoms with Gasteiger partial charge in [0.1, 0.15) is 5.60 Å². The Morgan fingerprint density at radius 1 is 1.07 bits per heavy atom. The molecule has 0 saturated carbocycles. The first-order valence-corrected chi connectivity index (χ1v) is 10.3. The summed E-state index contributed by atoms with van der Waals surface area (Å²) in [6.07, 6.45) is 4.52. The van der Waals surface area contributed by atoms with E-state index in [0.717, 1.165) is 26.5 Å². The molecule has 1 atom stereocenters. The summed E-state index contributed by atoms with van der Waals surface area (Å²) in [5.74, 6) is -0.619. The van der Waals surface area contributed by atoms with Crippen LogP contribution in [0, 0.1) is 0 Å². The molecule has 1 heterocycles. The van der Waals surface area contributed by atoms with Crippen LogP contribution in [0.2, 0.25) is 0 Å². The average Bonchev–Trinajstić information content (AvgIpc) is 3.13. The maximum Gasteiger partial charge on any atom is 0.418 e. The number of carbonyl (C=O) groups is 2. The first-order chi connectivity index (χ1) is 14.2. The van der Waals surface area contributed by atoms with Crippen LogP contribution in [0.1, 0.15) is 37.8 Å². The summed E-state index contributed by atoms with van der Waals surface area (Å²) in [7, 11) is 1.35. The molecule has 3 aromatic rings. The van der Waals surface area contributed by atoms with E-state index in [4.69, 9.17) is 9.47 Å². The fourth-order valence-electron chi connectivity index (χ4n) is 3.24. The Hall–Kier alpha value is -2.86. The molecule has 2 aromatic carbocycles. The van der Waals surface area contributed by atoms with Crippen molar-refractivity contribution >= 4 is 38.9 Å². The van der Waals surface area contributed by atoms with E-state index in [0.29, 0.717) is 0 Å². The number of methoxy groups -OCH3 is 1. The molecule has 0 radical (unpaired) electrons. The van der Waals surface area contributed by atoms with Gasteiger partial charge in [0.05, 0.1) is 12.6 Å². The number of aromatic nitrogens is 1. The third kappa shape index (κ3) is 5.00. The Balaban J connectivity index is 2.10. The molecular formula is C24H24BrNO4. The van der Waals surface area contributed by atoms with Crippen molar-refractivity contribution in [1.82, 2.24) is 4.57 Å². The molecule has 3 rings (SSSR count). The normalized spacial score (nSPS) is 12.8. The van der Waals surface area contributed by atoms with Gasteiger partial charge < -0.3 is 9.47 Å². The molecule has 0 aliphatic carbocycles. The van der Waals surface area contributed by atoms with E-state index in [1.807, 2.05) is 75.4 Å². The number of carbonyl (C=O) groups excluding carboxylic acids is 2. The van der Waals surface area contributed by atoms with Crippen molar-refractivity contribution in [1.29, 1.82) is 0 Å². The van der Waals surface area contributed by atoms with Crippen molar-refractivity contribution in [3.63, 3.8) is 0 Å². The monoisotopic (exact) mass is 469 g/mol. The van der Waals surface area contributed by atoms with Gasteiger partial charge in [-0.1, -0.05) is 46.3 Å². The minimum atomic E-state index is -0.589. The summed E-state index contributed by atoms with van der Waals surface area (Å²) >= 11 is 3.46. The van der Waals surface area contributed by atoms with Crippen molar-refractivity contribution in [2.24, 2.45) is 0 Å². The minimum Gasteiger partial charge on any atom is -0.466 e. The van der Waals surface area contributed by atoms with Gasteiger partial charge in [-0.15, -0.1) is 0 Å². The molecule has 0 fully saturated rings. The number of fused-ring (bicyclic) bond motifs is 1. The number of ether oxygens (including phenoxy) is 2.